The molecule has 88 valence electrons. The highest BCUT2D eigenvalue weighted by molar-refractivity contribution is 5.82. The smallest absolute Gasteiger partial charge is 0.161 e. The van der Waals surface area contributed by atoms with Gasteiger partial charge in [-0.05, 0) is 19.8 Å². The van der Waals surface area contributed by atoms with Crippen LogP contribution in [0.25, 0.3) is 0 Å². The Morgan fingerprint density at radius 2 is 2.00 bits per heavy atom. The molecule has 0 bridgehead atoms. The molecule has 0 radical (unpaired) electrons. The first-order valence-corrected chi connectivity index (χ1v) is 5.87. The van der Waals surface area contributed by atoms with Gasteiger partial charge in [0, 0.05) is 13.0 Å². The lowest BCUT2D eigenvalue weighted by Crippen LogP contribution is -2.26. The minimum absolute atomic E-state index is 0.0162. The number of ketones is 1. The fraction of sp³-hybridized carbons (Fsp3) is 0.917. The van der Waals surface area contributed by atoms with Crippen LogP contribution in [-0.2, 0) is 14.3 Å². The summed E-state index contributed by atoms with van der Waals surface area (Å²) < 4.78 is 10.4. The number of hydrogen-bond acceptors (Lipinski definition) is 3. The Hall–Kier alpha value is -0.410. The van der Waals surface area contributed by atoms with Gasteiger partial charge in [0.15, 0.2) is 5.78 Å². The van der Waals surface area contributed by atoms with Gasteiger partial charge in [0.2, 0.25) is 0 Å². The zero-order valence-electron chi connectivity index (χ0n) is 9.83. The summed E-state index contributed by atoms with van der Waals surface area (Å²) >= 11 is 0. The Bertz CT molecular complexity index is 185. The van der Waals surface area contributed by atoms with Crippen molar-refractivity contribution in [3.63, 3.8) is 0 Å². The molecule has 1 rings (SSSR count). The molecule has 1 aliphatic carbocycles. The number of Topliss-reactive ketones (excluding diaryl/α,β-unsaturated/α-hetero) is 1. The molecule has 0 aliphatic heterocycles. The summed E-state index contributed by atoms with van der Waals surface area (Å²) in [6.07, 6.45) is 5.81. The fourth-order valence-electron chi connectivity index (χ4n) is 2.05. The highest BCUT2D eigenvalue weighted by Gasteiger charge is 2.21. The second kappa shape index (κ2) is 6.96. The van der Waals surface area contributed by atoms with Crippen LogP contribution in [0.1, 0.15) is 39.0 Å². The Labute approximate surface area is 92.1 Å². The van der Waals surface area contributed by atoms with Gasteiger partial charge in [-0.2, -0.15) is 0 Å². The number of methoxy groups -OCH3 is 1. The molecule has 0 aromatic rings. The van der Waals surface area contributed by atoms with E-state index in [-0.39, 0.29) is 24.4 Å². The van der Waals surface area contributed by atoms with E-state index in [4.69, 9.17) is 9.47 Å². The summed E-state index contributed by atoms with van der Waals surface area (Å²) in [6, 6.07) is 0. The standard InChI is InChI=1S/C12H22O3/c1-10(8-14-2)15-9-12(13)11-6-4-3-5-7-11/h10-11H,3-9H2,1-2H3. The SMILES string of the molecule is COCC(C)OCC(=O)C1CCCCC1. The monoisotopic (exact) mass is 214 g/mol. The number of rotatable bonds is 6. The van der Waals surface area contributed by atoms with E-state index in [0.717, 1.165) is 12.8 Å². The van der Waals surface area contributed by atoms with Crippen molar-refractivity contribution in [2.24, 2.45) is 5.92 Å². The van der Waals surface area contributed by atoms with E-state index in [1.54, 1.807) is 7.11 Å². The third-order valence-corrected chi connectivity index (χ3v) is 2.97. The molecule has 0 N–H and O–H groups in total. The molecule has 1 aliphatic rings. The Morgan fingerprint density at radius 1 is 1.33 bits per heavy atom. The summed E-state index contributed by atoms with van der Waals surface area (Å²) in [5, 5.41) is 0. The summed E-state index contributed by atoms with van der Waals surface area (Å²) in [5.74, 6) is 0.533. The molecule has 1 fully saturated rings. The van der Waals surface area contributed by atoms with E-state index < -0.39 is 0 Å². The zero-order valence-corrected chi connectivity index (χ0v) is 9.83. The molecule has 0 amide bonds. The van der Waals surface area contributed by atoms with Crippen molar-refractivity contribution < 1.29 is 14.3 Å². The number of carbonyl (C=O) groups is 1. The molecular weight excluding hydrogens is 192 g/mol. The molecule has 1 atom stereocenters. The highest BCUT2D eigenvalue weighted by atomic mass is 16.5. The van der Waals surface area contributed by atoms with Gasteiger partial charge in [0.05, 0.1) is 12.7 Å². The molecule has 1 unspecified atom stereocenters. The van der Waals surface area contributed by atoms with Gasteiger partial charge < -0.3 is 9.47 Å². The van der Waals surface area contributed by atoms with E-state index in [0.29, 0.717) is 6.61 Å². The summed E-state index contributed by atoms with van der Waals surface area (Å²) in [6.45, 7) is 2.74. The van der Waals surface area contributed by atoms with Crippen LogP contribution in [0, 0.1) is 5.92 Å². The van der Waals surface area contributed by atoms with Gasteiger partial charge in [-0.15, -0.1) is 0 Å². The Balaban J connectivity index is 2.16. The predicted molar refractivity (Wildman–Crippen MR) is 58.9 cm³/mol. The first kappa shape index (κ1) is 12.7. The van der Waals surface area contributed by atoms with Crippen LogP contribution in [0.5, 0.6) is 0 Å². The van der Waals surface area contributed by atoms with E-state index in [1.807, 2.05) is 6.92 Å². The van der Waals surface area contributed by atoms with Crippen molar-refractivity contribution in [1.82, 2.24) is 0 Å². The second-order valence-electron chi connectivity index (χ2n) is 4.38. The summed E-state index contributed by atoms with van der Waals surface area (Å²) in [7, 11) is 1.64. The quantitative estimate of drug-likeness (QED) is 0.680. The number of ether oxygens (including phenoxy) is 2. The Morgan fingerprint density at radius 3 is 2.60 bits per heavy atom. The molecule has 3 heteroatoms. The van der Waals surface area contributed by atoms with Crippen molar-refractivity contribution in [2.45, 2.75) is 45.1 Å². The lowest BCUT2D eigenvalue weighted by atomic mass is 9.86. The van der Waals surface area contributed by atoms with Gasteiger partial charge in [-0.25, -0.2) is 0 Å². The summed E-state index contributed by atoms with van der Waals surface area (Å²) in [4.78, 5) is 11.7. The number of hydrogen-bond donors (Lipinski definition) is 0. The number of carbonyl (C=O) groups excluding carboxylic acids is 1. The maximum absolute atomic E-state index is 11.7. The van der Waals surface area contributed by atoms with Crippen LogP contribution >= 0.6 is 0 Å². The van der Waals surface area contributed by atoms with Gasteiger partial charge >= 0.3 is 0 Å². The van der Waals surface area contributed by atoms with Crippen molar-refractivity contribution >= 4 is 5.78 Å². The van der Waals surface area contributed by atoms with E-state index >= 15 is 0 Å². The maximum Gasteiger partial charge on any atom is 0.161 e. The predicted octanol–water partition coefficient (Wildman–Crippen LogP) is 2.19. The molecule has 0 saturated heterocycles. The van der Waals surface area contributed by atoms with E-state index in [9.17, 15) is 4.79 Å². The normalized spacial score (nSPS) is 20.1. The molecule has 1 saturated carbocycles. The van der Waals surface area contributed by atoms with Crippen molar-refractivity contribution in [1.29, 1.82) is 0 Å². The third kappa shape index (κ3) is 4.76. The van der Waals surface area contributed by atoms with Crippen LogP contribution in [0.3, 0.4) is 0 Å². The molecule has 0 aromatic carbocycles. The van der Waals surface area contributed by atoms with Gasteiger partial charge in [-0.3, -0.25) is 4.79 Å². The average molecular weight is 214 g/mol. The molecule has 0 aromatic heterocycles. The molecule has 15 heavy (non-hydrogen) atoms. The molecule has 3 nitrogen and oxygen atoms in total. The Kier molecular flexibility index (Phi) is 5.88. The lowest BCUT2D eigenvalue weighted by molar-refractivity contribution is -0.131. The second-order valence-corrected chi connectivity index (χ2v) is 4.38. The lowest BCUT2D eigenvalue weighted by Gasteiger charge is -2.21. The average Bonchev–Trinajstić information content (AvgIpc) is 2.27. The minimum atomic E-state index is 0.0162. The topological polar surface area (TPSA) is 35.5 Å². The van der Waals surface area contributed by atoms with E-state index in [1.165, 1.54) is 19.3 Å². The maximum atomic E-state index is 11.7. The van der Waals surface area contributed by atoms with Crippen molar-refractivity contribution in [3.05, 3.63) is 0 Å². The first-order valence-electron chi connectivity index (χ1n) is 5.87. The van der Waals surface area contributed by atoms with Crippen LogP contribution in [0.15, 0.2) is 0 Å². The largest absolute Gasteiger partial charge is 0.382 e. The summed E-state index contributed by atoms with van der Waals surface area (Å²) in [5.41, 5.74) is 0. The zero-order chi connectivity index (χ0) is 11.1. The highest BCUT2D eigenvalue weighted by Crippen LogP contribution is 2.24. The molecule has 0 spiro atoms. The van der Waals surface area contributed by atoms with E-state index in [2.05, 4.69) is 0 Å². The van der Waals surface area contributed by atoms with Gasteiger partial charge in [0.1, 0.15) is 6.61 Å². The molecular formula is C12H22O3. The van der Waals surface area contributed by atoms with Crippen molar-refractivity contribution in [3.8, 4) is 0 Å². The molecule has 0 heterocycles. The van der Waals surface area contributed by atoms with Crippen molar-refractivity contribution in [2.75, 3.05) is 20.3 Å². The third-order valence-electron chi connectivity index (χ3n) is 2.97. The van der Waals surface area contributed by atoms with Crippen LogP contribution in [-0.4, -0.2) is 32.2 Å². The minimum Gasteiger partial charge on any atom is -0.382 e. The fourth-order valence-corrected chi connectivity index (χ4v) is 2.05. The van der Waals surface area contributed by atoms with Gasteiger partial charge in [0.25, 0.3) is 0 Å². The van der Waals surface area contributed by atoms with Crippen LogP contribution in [0.4, 0.5) is 0 Å². The van der Waals surface area contributed by atoms with Crippen LogP contribution < -0.4 is 0 Å². The van der Waals surface area contributed by atoms with Crippen LogP contribution in [0.2, 0.25) is 0 Å². The first-order chi connectivity index (χ1) is 7.24. The van der Waals surface area contributed by atoms with Gasteiger partial charge in [-0.1, -0.05) is 19.3 Å².